The van der Waals surface area contributed by atoms with Crippen LogP contribution < -0.4 is 11.1 Å². The first-order valence-electron chi connectivity index (χ1n) is 6.90. The number of amides is 1. The second-order valence-electron chi connectivity index (χ2n) is 4.91. The number of carbonyl (C=O) groups excluding carboxylic acids is 1. The lowest BCUT2D eigenvalue weighted by molar-refractivity contribution is -0.121. The van der Waals surface area contributed by atoms with Gasteiger partial charge in [-0.15, -0.1) is 21.5 Å². The highest BCUT2D eigenvalue weighted by Gasteiger charge is 2.17. The van der Waals surface area contributed by atoms with E-state index in [4.69, 9.17) is 5.73 Å². The number of hydrogen-bond donors (Lipinski definition) is 2. The van der Waals surface area contributed by atoms with Crippen LogP contribution in [0, 0.1) is 6.92 Å². The average Bonchev–Trinajstić information content (AvgIpc) is 2.97. The van der Waals surface area contributed by atoms with E-state index in [-0.39, 0.29) is 18.4 Å². The number of nitrogen functional groups attached to an aromatic ring is 1. The Morgan fingerprint density at radius 2 is 2.33 bits per heavy atom. The van der Waals surface area contributed by atoms with Gasteiger partial charge in [0.15, 0.2) is 11.0 Å². The summed E-state index contributed by atoms with van der Waals surface area (Å²) in [5.41, 5.74) is 6.46. The van der Waals surface area contributed by atoms with Crippen LogP contribution in [0.3, 0.4) is 0 Å². The van der Waals surface area contributed by atoms with E-state index in [1.165, 1.54) is 11.3 Å². The van der Waals surface area contributed by atoms with Gasteiger partial charge in [-0.25, -0.2) is 4.98 Å². The number of aryl methyl sites for hydroxylation is 2. The number of rotatable bonds is 6. The molecule has 1 unspecified atom stereocenters. The fourth-order valence-electron chi connectivity index (χ4n) is 2.13. The number of nitrogens with one attached hydrogen (secondary N) is 1. The van der Waals surface area contributed by atoms with E-state index in [9.17, 15) is 4.79 Å². The fraction of sp³-hybridized carbons (Fsp3) is 0.538. The van der Waals surface area contributed by atoms with Gasteiger partial charge in [0.2, 0.25) is 5.91 Å². The van der Waals surface area contributed by atoms with Crippen molar-refractivity contribution < 1.29 is 4.79 Å². The summed E-state index contributed by atoms with van der Waals surface area (Å²) in [7, 11) is 0. The van der Waals surface area contributed by atoms with Gasteiger partial charge in [0.05, 0.1) is 18.2 Å². The molecule has 0 spiro atoms. The van der Waals surface area contributed by atoms with Gasteiger partial charge < -0.3 is 15.6 Å². The normalized spacial score (nSPS) is 12.3. The molecule has 0 saturated heterocycles. The SMILES string of the molecule is CCCn1cnnc1C(C)NC(=O)Cc1sc(N)nc1C. The minimum atomic E-state index is -0.183. The van der Waals surface area contributed by atoms with Crippen molar-refractivity contribution in [3.8, 4) is 0 Å². The summed E-state index contributed by atoms with van der Waals surface area (Å²) in [5, 5.41) is 11.4. The third-order valence-electron chi connectivity index (χ3n) is 3.11. The molecule has 0 aromatic carbocycles. The fourth-order valence-corrected chi connectivity index (χ4v) is 2.96. The maximum Gasteiger partial charge on any atom is 0.225 e. The standard InChI is InChI=1S/C13H20N6OS/c1-4-5-19-7-15-18-12(19)9(3)16-11(20)6-10-8(2)17-13(14)21-10/h7,9H,4-6H2,1-3H3,(H2,14,17)(H,16,20). The summed E-state index contributed by atoms with van der Waals surface area (Å²) >= 11 is 1.35. The summed E-state index contributed by atoms with van der Waals surface area (Å²) < 4.78 is 1.96. The maximum atomic E-state index is 12.1. The highest BCUT2D eigenvalue weighted by atomic mass is 32.1. The predicted molar refractivity (Wildman–Crippen MR) is 81.8 cm³/mol. The minimum absolute atomic E-state index is 0.0692. The summed E-state index contributed by atoms with van der Waals surface area (Å²) in [6.45, 7) is 6.69. The predicted octanol–water partition coefficient (Wildman–Crippen LogP) is 1.46. The molecule has 2 aromatic rings. The van der Waals surface area contributed by atoms with Gasteiger partial charge >= 0.3 is 0 Å². The quantitative estimate of drug-likeness (QED) is 0.841. The van der Waals surface area contributed by atoms with Crippen LogP contribution in [0.15, 0.2) is 6.33 Å². The molecule has 2 heterocycles. The van der Waals surface area contributed by atoms with Crippen molar-refractivity contribution >= 4 is 22.4 Å². The molecular formula is C13H20N6OS. The second-order valence-corrected chi connectivity index (χ2v) is 6.02. The van der Waals surface area contributed by atoms with E-state index in [1.54, 1.807) is 6.33 Å². The van der Waals surface area contributed by atoms with Crippen molar-refractivity contribution in [2.24, 2.45) is 0 Å². The molecule has 0 aliphatic rings. The Morgan fingerprint density at radius 3 is 2.95 bits per heavy atom. The number of aromatic nitrogens is 4. The molecule has 114 valence electrons. The molecule has 21 heavy (non-hydrogen) atoms. The van der Waals surface area contributed by atoms with Crippen LogP contribution in [0.25, 0.3) is 0 Å². The highest BCUT2D eigenvalue weighted by molar-refractivity contribution is 7.15. The van der Waals surface area contributed by atoms with Gasteiger partial charge in [-0.1, -0.05) is 6.92 Å². The van der Waals surface area contributed by atoms with Gasteiger partial charge in [0.1, 0.15) is 6.33 Å². The molecule has 8 heteroatoms. The summed E-state index contributed by atoms with van der Waals surface area (Å²) in [4.78, 5) is 17.1. The molecule has 3 N–H and O–H groups in total. The maximum absolute atomic E-state index is 12.1. The monoisotopic (exact) mass is 308 g/mol. The van der Waals surface area contributed by atoms with Crippen LogP contribution >= 0.6 is 11.3 Å². The van der Waals surface area contributed by atoms with Crippen LogP contribution in [0.4, 0.5) is 5.13 Å². The lowest BCUT2D eigenvalue weighted by Gasteiger charge is -2.14. The van der Waals surface area contributed by atoms with Crippen molar-refractivity contribution in [3.05, 3.63) is 22.7 Å². The third-order valence-corrected chi connectivity index (χ3v) is 4.09. The van der Waals surface area contributed by atoms with E-state index in [0.717, 1.165) is 29.4 Å². The molecule has 7 nitrogen and oxygen atoms in total. The number of carbonyl (C=O) groups is 1. The van der Waals surface area contributed by atoms with Gasteiger partial charge in [-0.2, -0.15) is 0 Å². The molecule has 0 aliphatic heterocycles. The molecule has 1 atom stereocenters. The van der Waals surface area contributed by atoms with Crippen molar-refractivity contribution in [1.29, 1.82) is 0 Å². The van der Waals surface area contributed by atoms with Gasteiger partial charge in [0, 0.05) is 11.4 Å². The number of anilines is 1. The van der Waals surface area contributed by atoms with Gasteiger partial charge in [-0.05, 0) is 20.3 Å². The van der Waals surface area contributed by atoms with Crippen LogP contribution in [0.2, 0.25) is 0 Å². The minimum Gasteiger partial charge on any atom is -0.375 e. The molecular weight excluding hydrogens is 288 g/mol. The third kappa shape index (κ3) is 3.78. The second kappa shape index (κ2) is 6.66. The summed E-state index contributed by atoms with van der Waals surface area (Å²) in [6.07, 6.45) is 2.97. The molecule has 2 rings (SSSR count). The zero-order valence-electron chi connectivity index (χ0n) is 12.5. The van der Waals surface area contributed by atoms with Crippen LogP contribution in [-0.4, -0.2) is 25.7 Å². The number of nitrogens with two attached hydrogens (primary N) is 1. The average molecular weight is 308 g/mol. The molecule has 0 saturated carbocycles. The first-order valence-corrected chi connectivity index (χ1v) is 7.71. The van der Waals surface area contributed by atoms with Crippen LogP contribution in [0.5, 0.6) is 0 Å². The van der Waals surface area contributed by atoms with Gasteiger partial charge in [0.25, 0.3) is 0 Å². The Kier molecular flexibility index (Phi) is 4.89. The zero-order chi connectivity index (χ0) is 15.4. The summed E-state index contributed by atoms with van der Waals surface area (Å²) in [5.74, 6) is 0.700. The molecule has 0 aliphatic carbocycles. The van der Waals surface area contributed by atoms with E-state index in [2.05, 4.69) is 27.4 Å². The van der Waals surface area contributed by atoms with Crippen molar-refractivity contribution in [2.45, 2.75) is 46.2 Å². The number of hydrogen-bond acceptors (Lipinski definition) is 6. The number of nitrogens with zero attached hydrogens (tertiary/aromatic N) is 4. The van der Waals surface area contributed by atoms with E-state index >= 15 is 0 Å². The van der Waals surface area contributed by atoms with Gasteiger partial charge in [-0.3, -0.25) is 4.79 Å². The Hall–Kier alpha value is -1.96. The van der Waals surface area contributed by atoms with E-state index < -0.39 is 0 Å². The highest BCUT2D eigenvalue weighted by Crippen LogP contribution is 2.20. The smallest absolute Gasteiger partial charge is 0.225 e. The Morgan fingerprint density at radius 1 is 1.57 bits per heavy atom. The van der Waals surface area contributed by atoms with E-state index in [0.29, 0.717) is 5.13 Å². The molecule has 0 bridgehead atoms. The Labute approximate surface area is 127 Å². The Balaban J connectivity index is 1.98. The summed E-state index contributed by atoms with van der Waals surface area (Å²) in [6, 6.07) is -0.183. The molecule has 0 fully saturated rings. The lowest BCUT2D eigenvalue weighted by atomic mass is 10.2. The van der Waals surface area contributed by atoms with Crippen molar-refractivity contribution in [1.82, 2.24) is 25.1 Å². The molecule has 0 radical (unpaired) electrons. The first-order chi connectivity index (χ1) is 10.0. The van der Waals surface area contributed by atoms with E-state index in [1.807, 2.05) is 18.4 Å². The first kappa shape index (κ1) is 15.4. The topological polar surface area (TPSA) is 98.7 Å². The van der Waals surface area contributed by atoms with Crippen LogP contribution in [-0.2, 0) is 17.8 Å². The lowest BCUT2D eigenvalue weighted by Crippen LogP contribution is -2.30. The van der Waals surface area contributed by atoms with Crippen LogP contribution in [0.1, 0.15) is 42.7 Å². The zero-order valence-corrected chi connectivity index (χ0v) is 13.3. The molecule has 2 aromatic heterocycles. The van der Waals surface area contributed by atoms with Crippen molar-refractivity contribution in [2.75, 3.05) is 5.73 Å². The molecule has 1 amide bonds. The number of thiazole rings is 1. The Bertz CT molecular complexity index is 620. The van der Waals surface area contributed by atoms with Crippen molar-refractivity contribution in [3.63, 3.8) is 0 Å². The largest absolute Gasteiger partial charge is 0.375 e.